The van der Waals surface area contributed by atoms with Crippen molar-refractivity contribution in [2.24, 2.45) is 0 Å². The lowest BCUT2D eigenvalue weighted by atomic mass is 9.98. The maximum atomic E-state index is 6.49. The second kappa shape index (κ2) is 14.6. The molecule has 0 saturated heterocycles. The van der Waals surface area contributed by atoms with Crippen LogP contribution < -0.4 is 0 Å². The van der Waals surface area contributed by atoms with Gasteiger partial charge in [-0.05, 0) is 47.5 Å². The molecule has 0 saturated carbocycles. The van der Waals surface area contributed by atoms with Crippen LogP contribution in [0, 0.1) is 0 Å². The normalized spacial score (nSPS) is 11.5. The van der Waals surface area contributed by atoms with Crippen molar-refractivity contribution in [3.8, 4) is 79.5 Å². The standard InChI is InChI=1S/C54H32N6O2/c1-5-15-33(16-6-1)49-55-50(34-17-7-2-8-18-34)58-53(57-49)39-23-13-25-45-47(39)41-31-37(27-29-43(41)61-45)38-28-30-44-42(32-38)48-40(24-14-26-46(48)62-44)54-59-51(35-19-9-3-10-20-35)56-52(60-54)36-21-11-4-12-22-36/h1-32H. The molecule has 4 heterocycles. The fraction of sp³-hybridized carbons (Fsp3) is 0. The van der Waals surface area contributed by atoms with Crippen LogP contribution in [0.4, 0.5) is 0 Å². The Kier molecular flexibility index (Phi) is 8.31. The van der Waals surface area contributed by atoms with Gasteiger partial charge in [0.1, 0.15) is 22.3 Å². The van der Waals surface area contributed by atoms with Gasteiger partial charge in [0.15, 0.2) is 34.9 Å². The molecule has 8 heteroatoms. The van der Waals surface area contributed by atoms with E-state index in [1.807, 2.05) is 158 Å². The zero-order valence-corrected chi connectivity index (χ0v) is 33.0. The van der Waals surface area contributed by atoms with Gasteiger partial charge in [0.25, 0.3) is 0 Å². The number of nitrogens with zero attached hydrogens (tertiary/aromatic N) is 6. The van der Waals surface area contributed by atoms with E-state index in [0.29, 0.717) is 34.9 Å². The van der Waals surface area contributed by atoms with Crippen molar-refractivity contribution in [1.29, 1.82) is 0 Å². The first-order valence-corrected chi connectivity index (χ1v) is 20.4. The predicted octanol–water partition coefficient (Wildman–Crippen LogP) is 13.5. The van der Waals surface area contributed by atoms with E-state index in [2.05, 4.69) is 36.4 Å². The Bertz CT molecular complexity index is 3270. The molecule has 290 valence electrons. The van der Waals surface area contributed by atoms with Crippen LogP contribution >= 0.6 is 0 Å². The summed E-state index contributed by atoms with van der Waals surface area (Å²) in [6.45, 7) is 0. The zero-order valence-electron chi connectivity index (χ0n) is 33.0. The van der Waals surface area contributed by atoms with E-state index in [4.69, 9.17) is 38.7 Å². The Labute approximate surface area is 354 Å². The number of hydrogen-bond acceptors (Lipinski definition) is 8. The van der Waals surface area contributed by atoms with Crippen molar-refractivity contribution in [2.75, 3.05) is 0 Å². The van der Waals surface area contributed by atoms with E-state index >= 15 is 0 Å². The molecule has 12 aromatic rings. The summed E-state index contributed by atoms with van der Waals surface area (Å²) < 4.78 is 13.0. The molecule has 4 aromatic heterocycles. The Balaban J connectivity index is 1.01. The van der Waals surface area contributed by atoms with Gasteiger partial charge in [0, 0.05) is 54.9 Å². The van der Waals surface area contributed by atoms with Gasteiger partial charge in [-0.2, -0.15) is 0 Å². The third-order valence-corrected chi connectivity index (χ3v) is 11.2. The Morgan fingerprint density at radius 3 is 0.903 bits per heavy atom. The minimum absolute atomic E-state index is 0.569. The van der Waals surface area contributed by atoms with Gasteiger partial charge in [-0.25, -0.2) is 29.9 Å². The molecule has 0 atom stereocenters. The molecule has 0 aliphatic rings. The molecule has 0 bridgehead atoms. The maximum Gasteiger partial charge on any atom is 0.164 e. The van der Waals surface area contributed by atoms with Crippen LogP contribution in [0.15, 0.2) is 203 Å². The van der Waals surface area contributed by atoms with E-state index < -0.39 is 0 Å². The average Bonchev–Trinajstić information content (AvgIpc) is 3.93. The van der Waals surface area contributed by atoms with Crippen molar-refractivity contribution in [3.05, 3.63) is 194 Å². The molecule has 0 aliphatic heterocycles. The summed E-state index contributed by atoms with van der Waals surface area (Å²) in [5, 5.41) is 3.79. The second-order valence-electron chi connectivity index (χ2n) is 15.1. The van der Waals surface area contributed by atoms with Crippen LogP contribution in [0.1, 0.15) is 0 Å². The molecule has 0 unspecified atom stereocenters. The van der Waals surface area contributed by atoms with Crippen molar-refractivity contribution in [2.45, 2.75) is 0 Å². The molecular weight excluding hydrogens is 765 g/mol. The van der Waals surface area contributed by atoms with Gasteiger partial charge in [-0.3, -0.25) is 0 Å². The molecule has 0 amide bonds. The molecule has 12 rings (SSSR count). The molecule has 62 heavy (non-hydrogen) atoms. The quantitative estimate of drug-likeness (QED) is 0.157. The number of hydrogen-bond donors (Lipinski definition) is 0. The molecule has 0 fully saturated rings. The molecule has 0 aliphatic carbocycles. The van der Waals surface area contributed by atoms with Crippen LogP contribution in [0.25, 0.3) is 123 Å². The molecule has 8 nitrogen and oxygen atoms in total. The van der Waals surface area contributed by atoms with Crippen LogP contribution in [0.3, 0.4) is 0 Å². The van der Waals surface area contributed by atoms with Gasteiger partial charge in [0.05, 0.1) is 0 Å². The van der Waals surface area contributed by atoms with Crippen molar-refractivity contribution in [1.82, 2.24) is 29.9 Å². The highest BCUT2D eigenvalue weighted by Crippen LogP contribution is 2.41. The first-order valence-electron chi connectivity index (χ1n) is 20.4. The van der Waals surface area contributed by atoms with E-state index in [9.17, 15) is 0 Å². The van der Waals surface area contributed by atoms with E-state index in [1.54, 1.807) is 0 Å². The maximum absolute atomic E-state index is 6.49. The lowest BCUT2D eigenvalue weighted by molar-refractivity contribution is 0.668. The molecule has 0 N–H and O–H groups in total. The third kappa shape index (κ3) is 6.17. The molecule has 8 aromatic carbocycles. The van der Waals surface area contributed by atoms with E-state index in [0.717, 1.165) is 88.4 Å². The lowest BCUT2D eigenvalue weighted by Gasteiger charge is -2.09. The van der Waals surface area contributed by atoms with Gasteiger partial charge >= 0.3 is 0 Å². The molecule has 0 radical (unpaired) electrons. The highest BCUT2D eigenvalue weighted by atomic mass is 16.3. The van der Waals surface area contributed by atoms with Gasteiger partial charge in [-0.15, -0.1) is 0 Å². The summed E-state index contributed by atoms with van der Waals surface area (Å²) in [6, 6.07) is 64.8. The number of rotatable bonds is 7. The summed E-state index contributed by atoms with van der Waals surface area (Å²) in [4.78, 5) is 30.1. The third-order valence-electron chi connectivity index (χ3n) is 11.2. The number of benzene rings is 8. The van der Waals surface area contributed by atoms with Crippen LogP contribution in [-0.2, 0) is 0 Å². The lowest BCUT2D eigenvalue weighted by Crippen LogP contribution is -2.00. The fourth-order valence-electron chi connectivity index (χ4n) is 8.24. The van der Waals surface area contributed by atoms with Crippen LogP contribution in [0.2, 0.25) is 0 Å². The Morgan fingerprint density at radius 2 is 0.565 bits per heavy atom. The van der Waals surface area contributed by atoms with Crippen LogP contribution in [0.5, 0.6) is 0 Å². The Hall–Kier alpha value is -8.62. The van der Waals surface area contributed by atoms with Crippen molar-refractivity contribution in [3.63, 3.8) is 0 Å². The number of furan rings is 2. The van der Waals surface area contributed by atoms with E-state index in [-0.39, 0.29) is 0 Å². The Morgan fingerprint density at radius 1 is 0.242 bits per heavy atom. The topological polar surface area (TPSA) is 104 Å². The SMILES string of the molecule is c1ccc(-c2nc(-c3ccccc3)nc(-c3cccc4oc5ccc(-c6ccc7oc8cccc(-c9nc(-c%10ccccc%10)nc(-c%10ccccc%10)n9)c8c7c6)cc5c34)n2)cc1. The summed E-state index contributed by atoms with van der Waals surface area (Å²) in [5.41, 5.74) is 10.4. The minimum Gasteiger partial charge on any atom is -0.456 e. The van der Waals surface area contributed by atoms with Crippen molar-refractivity contribution >= 4 is 43.9 Å². The number of fused-ring (bicyclic) bond motifs is 6. The highest BCUT2D eigenvalue weighted by Gasteiger charge is 2.21. The number of aromatic nitrogens is 6. The first kappa shape index (κ1) is 35.3. The molecule has 0 spiro atoms. The summed E-state index contributed by atoms with van der Waals surface area (Å²) in [7, 11) is 0. The average molecular weight is 797 g/mol. The van der Waals surface area contributed by atoms with Gasteiger partial charge in [-0.1, -0.05) is 158 Å². The van der Waals surface area contributed by atoms with Crippen LogP contribution in [-0.4, -0.2) is 29.9 Å². The second-order valence-corrected chi connectivity index (χ2v) is 15.1. The monoisotopic (exact) mass is 796 g/mol. The molecular formula is C54H32N6O2. The minimum atomic E-state index is 0.569. The summed E-state index contributed by atoms with van der Waals surface area (Å²) in [6.07, 6.45) is 0. The first-order chi connectivity index (χ1) is 30.7. The van der Waals surface area contributed by atoms with Gasteiger partial charge < -0.3 is 8.83 Å². The van der Waals surface area contributed by atoms with E-state index in [1.165, 1.54) is 0 Å². The smallest absolute Gasteiger partial charge is 0.164 e. The fourth-order valence-corrected chi connectivity index (χ4v) is 8.24. The summed E-state index contributed by atoms with van der Waals surface area (Å²) >= 11 is 0. The highest BCUT2D eigenvalue weighted by molar-refractivity contribution is 6.15. The zero-order chi connectivity index (χ0) is 41.0. The largest absolute Gasteiger partial charge is 0.456 e. The van der Waals surface area contributed by atoms with Crippen molar-refractivity contribution < 1.29 is 8.83 Å². The van der Waals surface area contributed by atoms with Gasteiger partial charge in [0.2, 0.25) is 0 Å². The summed E-state index contributed by atoms with van der Waals surface area (Å²) in [5.74, 6) is 3.54. The predicted molar refractivity (Wildman–Crippen MR) is 246 cm³/mol.